The summed E-state index contributed by atoms with van der Waals surface area (Å²) in [7, 11) is -3.50. The first-order valence-electron chi connectivity index (χ1n) is 7.40. The van der Waals surface area contributed by atoms with E-state index in [4.69, 9.17) is 11.6 Å². The number of amides is 1. The first kappa shape index (κ1) is 18.3. The van der Waals surface area contributed by atoms with Crippen molar-refractivity contribution >= 4 is 33.2 Å². The number of sulfonamides is 1. The maximum Gasteiger partial charge on any atom is 0.232 e. The molecule has 0 heterocycles. The zero-order valence-electron chi connectivity index (χ0n) is 13.3. The number of nitrogens with zero attached hydrogens (tertiary/aromatic N) is 1. The molecule has 0 aliphatic heterocycles. The lowest BCUT2D eigenvalue weighted by Gasteiger charge is -2.22. The van der Waals surface area contributed by atoms with Gasteiger partial charge in [-0.25, -0.2) is 8.42 Å². The van der Waals surface area contributed by atoms with Crippen molar-refractivity contribution in [2.75, 3.05) is 17.1 Å². The van der Waals surface area contributed by atoms with Crippen molar-refractivity contribution in [1.82, 2.24) is 5.32 Å². The lowest BCUT2D eigenvalue weighted by molar-refractivity contribution is -0.121. The van der Waals surface area contributed by atoms with Gasteiger partial charge in [-0.05, 0) is 23.8 Å². The number of carbonyl (C=O) groups is 1. The Hall–Kier alpha value is -2.05. The molecule has 1 N–H and O–H groups in total. The van der Waals surface area contributed by atoms with E-state index >= 15 is 0 Å². The molecule has 0 aromatic heterocycles. The van der Waals surface area contributed by atoms with Crippen LogP contribution in [0.2, 0.25) is 5.02 Å². The standard InChI is InChI=1S/C17H19ClN2O3S/c1-24(22,23)20(16-9-5-8-15(18)12-16)11-10-17(21)19-13-14-6-3-2-4-7-14/h2-9,12H,10-11,13H2,1H3,(H,19,21). The van der Waals surface area contributed by atoms with Gasteiger partial charge in [-0.15, -0.1) is 0 Å². The summed E-state index contributed by atoms with van der Waals surface area (Å²) in [5.41, 5.74) is 1.43. The summed E-state index contributed by atoms with van der Waals surface area (Å²) in [6.07, 6.45) is 1.17. The van der Waals surface area contributed by atoms with Gasteiger partial charge in [-0.1, -0.05) is 48.0 Å². The predicted molar refractivity (Wildman–Crippen MR) is 96.5 cm³/mol. The quantitative estimate of drug-likeness (QED) is 0.819. The molecular weight excluding hydrogens is 348 g/mol. The van der Waals surface area contributed by atoms with Gasteiger partial charge in [-0.3, -0.25) is 9.10 Å². The van der Waals surface area contributed by atoms with Crippen LogP contribution in [-0.4, -0.2) is 27.1 Å². The van der Waals surface area contributed by atoms with E-state index in [1.165, 1.54) is 4.31 Å². The van der Waals surface area contributed by atoms with E-state index in [-0.39, 0.29) is 18.9 Å². The summed E-state index contributed by atoms with van der Waals surface area (Å²) in [6.45, 7) is 0.468. The third-order valence-corrected chi connectivity index (χ3v) is 4.80. The fraction of sp³-hybridized carbons (Fsp3) is 0.235. The van der Waals surface area contributed by atoms with Gasteiger partial charge < -0.3 is 5.32 Å². The van der Waals surface area contributed by atoms with Crippen LogP contribution in [-0.2, 0) is 21.4 Å². The lowest BCUT2D eigenvalue weighted by atomic mass is 10.2. The second-order valence-corrected chi connectivity index (χ2v) is 7.67. The van der Waals surface area contributed by atoms with Gasteiger partial charge in [0.1, 0.15) is 0 Å². The van der Waals surface area contributed by atoms with Crippen molar-refractivity contribution < 1.29 is 13.2 Å². The van der Waals surface area contributed by atoms with Crippen molar-refractivity contribution in [3.63, 3.8) is 0 Å². The zero-order chi connectivity index (χ0) is 17.6. The highest BCUT2D eigenvalue weighted by Gasteiger charge is 2.18. The Morgan fingerprint density at radius 1 is 1.12 bits per heavy atom. The summed E-state index contributed by atoms with van der Waals surface area (Å²) < 4.78 is 25.2. The summed E-state index contributed by atoms with van der Waals surface area (Å²) in [4.78, 5) is 12.0. The van der Waals surface area contributed by atoms with Crippen molar-refractivity contribution in [3.05, 3.63) is 65.2 Å². The van der Waals surface area contributed by atoms with Crippen molar-refractivity contribution in [1.29, 1.82) is 0 Å². The van der Waals surface area contributed by atoms with Crippen molar-refractivity contribution in [2.45, 2.75) is 13.0 Å². The van der Waals surface area contributed by atoms with E-state index in [1.807, 2.05) is 30.3 Å². The smallest absolute Gasteiger partial charge is 0.232 e. The lowest BCUT2D eigenvalue weighted by Crippen LogP contribution is -2.34. The maximum absolute atomic E-state index is 12.0. The van der Waals surface area contributed by atoms with Crippen LogP contribution >= 0.6 is 11.6 Å². The third kappa shape index (κ3) is 5.54. The Bertz CT molecular complexity index is 794. The minimum absolute atomic E-state index is 0.0554. The Labute approximate surface area is 147 Å². The van der Waals surface area contributed by atoms with Crippen LogP contribution in [0.3, 0.4) is 0 Å². The molecule has 0 saturated heterocycles. The van der Waals surface area contributed by atoms with E-state index in [1.54, 1.807) is 24.3 Å². The van der Waals surface area contributed by atoms with Crippen molar-refractivity contribution in [3.8, 4) is 0 Å². The van der Waals surface area contributed by atoms with E-state index in [2.05, 4.69) is 5.32 Å². The molecule has 0 spiro atoms. The SMILES string of the molecule is CS(=O)(=O)N(CCC(=O)NCc1ccccc1)c1cccc(Cl)c1. The van der Waals surface area contributed by atoms with Crippen LogP contribution in [0.25, 0.3) is 0 Å². The second-order valence-electron chi connectivity index (χ2n) is 5.33. The Balaban J connectivity index is 1.97. The minimum Gasteiger partial charge on any atom is -0.352 e. The van der Waals surface area contributed by atoms with Crippen LogP contribution in [0.15, 0.2) is 54.6 Å². The molecule has 0 unspecified atom stereocenters. The highest BCUT2D eigenvalue weighted by atomic mass is 35.5. The molecule has 7 heteroatoms. The zero-order valence-corrected chi connectivity index (χ0v) is 14.8. The molecule has 0 atom stereocenters. The summed E-state index contributed by atoms with van der Waals surface area (Å²) >= 11 is 5.92. The van der Waals surface area contributed by atoms with Gasteiger partial charge in [0.25, 0.3) is 0 Å². The normalized spacial score (nSPS) is 11.1. The molecule has 24 heavy (non-hydrogen) atoms. The van der Waals surface area contributed by atoms with Gasteiger partial charge in [0, 0.05) is 24.5 Å². The molecule has 0 radical (unpaired) electrons. The van der Waals surface area contributed by atoms with E-state index in [0.29, 0.717) is 17.3 Å². The molecule has 0 saturated carbocycles. The Morgan fingerprint density at radius 2 is 1.83 bits per heavy atom. The monoisotopic (exact) mass is 366 g/mol. The summed E-state index contributed by atoms with van der Waals surface area (Å²) in [6, 6.07) is 16.1. The van der Waals surface area contributed by atoms with Crippen molar-refractivity contribution in [2.24, 2.45) is 0 Å². The fourth-order valence-electron chi connectivity index (χ4n) is 2.21. The number of nitrogens with one attached hydrogen (secondary N) is 1. The number of hydrogen-bond acceptors (Lipinski definition) is 3. The maximum atomic E-state index is 12.0. The van der Waals surface area contributed by atoms with Gasteiger partial charge >= 0.3 is 0 Å². The Kier molecular flexibility index (Phi) is 6.23. The minimum atomic E-state index is -3.50. The van der Waals surface area contributed by atoms with E-state index < -0.39 is 10.0 Å². The van der Waals surface area contributed by atoms with Crippen LogP contribution < -0.4 is 9.62 Å². The molecule has 1 amide bonds. The first-order chi connectivity index (χ1) is 11.4. The molecule has 2 rings (SSSR count). The highest BCUT2D eigenvalue weighted by Crippen LogP contribution is 2.21. The molecule has 0 fully saturated rings. The fourth-order valence-corrected chi connectivity index (χ4v) is 3.31. The van der Waals surface area contributed by atoms with Gasteiger partial charge in [0.15, 0.2) is 0 Å². The van der Waals surface area contributed by atoms with E-state index in [0.717, 1.165) is 11.8 Å². The topological polar surface area (TPSA) is 66.5 Å². The van der Waals surface area contributed by atoms with Gasteiger partial charge in [0.2, 0.25) is 15.9 Å². The van der Waals surface area contributed by atoms with Crippen LogP contribution in [0.1, 0.15) is 12.0 Å². The summed E-state index contributed by atoms with van der Waals surface area (Å²) in [5.74, 6) is -0.213. The molecule has 128 valence electrons. The molecule has 0 aliphatic rings. The van der Waals surface area contributed by atoms with Gasteiger partial charge in [0.05, 0.1) is 11.9 Å². The highest BCUT2D eigenvalue weighted by molar-refractivity contribution is 7.92. The third-order valence-electron chi connectivity index (χ3n) is 3.37. The number of halogens is 1. The number of hydrogen-bond donors (Lipinski definition) is 1. The first-order valence-corrected chi connectivity index (χ1v) is 9.63. The predicted octanol–water partition coefficient (Wildman–Crippen LogP) is 2.81. The number of carbonyl (C=O) groups excluding carboxylic acids is 1. The molecule has 5 nitrogen and oxygen atoms in total. The van der Waals surface area contributed by atoms with Crippen LogP contribution in [0.5, 0.6) is 0 Å². The molecule has 2 aromatic carbocycles. The second kappa shape index (κ2) is 8.17. The summed E-state index contributed by atoms with van der Waals surface area (Å²) in [5, 5.41) is 3.22. The number of benzene rings is 2. The van der Waals surface area contributed by atoms with Crippen LogP contribution in [0, 0.1) is 0 Å². The number of rotatable bonds is 7. The molecular formula is C17H19ClN2O3S. The van der Waals surface area contributed by atoms with E-state index in [9.17, 15) is 13.2 Å². The Morgan fingerprint density at radius 3 is 2.46 bits per heavy atom. The average Bonchev–Trinajstić information content (AvgIpc) is 2.53. The molecule has 2 aromatic rings. The average molecular weight is 367 g/mol. The number of anilines is 1. The van der Waals surface area contributed by atoms with Gasteiger partial charge in [-0.2, -0.15) is 0 Å². The molecule has 0 aliphatic carbocycles. The molecule has 0 bridgehead atoms. The largest absolute Gasteiger partial charge is 0.352 e. The van der Waals surface area contributed by atoms with Crippen LogP contribution in [0.4, 0.5) is 5.69 Å².